The van der Waals surface area contributed by atoms with Crippen LogP contribution in [-0.2, 0) is 0 Å². The molecule has 0 fully saturated rings. The third-order valence-electron chi connectivity index (χ3n) is 9.98. The van der Waals surface area contributed by atoms with Crippen LogP contribution in [0.4, 0.5) is 0 Å². The summed E-state index contributed by atoms with van der Waals surface area (Å²) in [6.45, 7) is -5.80. The van der Waals surface area contributed by atoms with E-state index in [-0.39, 0.29) is 0 Å². The first-order chi connectivity index (χ1) is 25.6. The molecule has 8 heteroatoms. The van der Waals surface area contributed by atoms with Crippen molar-refractivity contribution in [2.24, 2.45) is 0 Å². The van der Waals surface area contributed by atoms with Crippen molar-refractivity contribution in [1.29, 1.82) is 21.0 Å². The summed E-state index contributed by atoms with van der Waals surface area (Å²) >= 11 is 0. The Morgan fingerprint density at radius 2 is 0.712 bits per heavy atom. The van der Waals surface area contributed by atoms with Gasteiger partial charge in [0, 0.05) is 35.7 Å². The average molecular weight is 703 g/mol. The molecule has 0 amide bonds. The predicted molar refractivity (Wildman–Crippen MR) is 211 cm³/mol. The first kappa shape index (κ1) is 31.2. The second-order valence-corrected chi connectivity index (χ2v) is 19.0. The van der Waals surface area contributed by atoms with E-state index in [9.17, 15) is 21.0 Å². The summed E-state index contributed by atoms with van der Waals surface area (Å²) in [5, 5.41) is 50.2. The van der Waals surface area contributed by atoms with Gasteiger partial charge >= 0.3 is 0 Å². The zero-order valence-corrected chi connectivity index (χ0v) is 29.1. The SMILES string of the molecule is N#CC1=Cc2c(oc3cc4c5c(oc4cc23)C(C#N)=P(c2ccccc2)(c2ccccc2)C(C#N)=C5)C(C#N)=P1(c1ccccc1)c1ccccc1. The Hall–Kier alpha value is -6.78. The molecule has 6 nitrogen and oxygen atoms in total. The fraction of sp³-hybridized carbons (Fsp3) is 0. The fourth-order valence-electron chi connectivity index (χ4n) is 7.82. The van der Waals surface area contributed by atoms with Crippen LogP contribution in [0, 0.1) is 45.3 Å². The van der Waals surface area contributed by atoms with E-state index in [2.05, 4.69) is 24.3 Å². The second-order valence-electron chi connectivity index (χ2n) is 12.4. The third kappa shape index (κ3) is 4.09. The smallest absolute Gasteiger partial charge is 0.154 e. The number of rotatable bonds is 4. The lowest BCUT2D eigenvalue weighted by atomic mass is 10.0. The van der Waals surface area contributed by atoms with Gasteiger partial charge in [-0.2, -0.15) is 21.0 Å². The molecule has 0 radical (unpaired) electrons. The molecule has 0 N–H and O–H groups in total. The predicted octanol–water partition coefficient (Wildman–Crippen LogP) is 8.36. The van der Waals surface area contributed by atoms with E-state index in [1.54, 1.807) is 0 Å². The van der Waals surface area contributed by atoms with Crippen LogP contribution in [-0.4, -0.2) is 10.6 Å². The van der Waals surface area contributed by atoms with Gasteiger partial charge in [0.2, 0.25) is 0 Å². The number of furan rings is 2. The normalized spacial score (nSPS) is 15.3. The number of benzene rings is 5. The van der Waals surface area contributed by atoms with Gasteiger partial charge in [0.15, 0.2) is 11.5 Å². The zero-order chi connectivity index (χ0) is 35.5. The van der Waals surface area contributed by atoms with Gasteiger partial charge in [0.25, 0.3) is 0 Å². The van der Waals surface area contributed by atoms with Gasteiger partial charge in [0.05, 0.1) is 10.6 Å². The van der Waals surface area contributed by atoms with Gasteiger partial charge in [-0.15, -0.1) is 0 Å². The number of nitrogens with zero attached hydrogens (tertiary/aromatic N) is 4. The number of allylic oxidation sites excluding steroid dienone is 2. The van der Waals surface area contributed by atoms with E-state index in [1.807, 2.05) is 146 Å². The summed E-state index contributed by atoms with van der Waals surface area (Å²) in [5.74, 6) is 0.851. The van der Waals surface area contributed by atoms with Gasteiger partial charge in [-0.1, -0.05) is 121 Å². The van der Waals surface area contributed by atoms with Crippen molar-refractivity contribution in [2.45, 2.75) is 0 Å². The van der Waals surface area contributed by atoms with E-state index in [1.165, 1.54) is 0 Å². The van der Waals surface area contributed by atoms with Crippen molar-refractivity contribution in [2.75, 3.05) is 0 Å². The molecule has 7 aromatic rings. The number of hydrogen-bond donors (Lipinski definition) is 0. The molecule has 0 aliphatic carbocycles. The van der Waals surface area contributed by atoms with E-state index < -0.39 is 13.8 Å². The van der Waals surface area contributed by atoms with Crippen molar-refractivity contribution in [3.8, 4) is 24.3 Å². The van der Waals surface area contributed by atoms with Crippen LogP contribution in [0.15, 0.2) is 153 Å². The van der Waals surface area contributed by atoms with E-state index in [0.717, 1.165) is 21.2 Å². The average Bonchev–Trinajstić information content (AvgIpc) is 3.75. The van der Waals surface area contributed by atoms with Gasteiger partial charge in [-0.25, -0.2) is 0 Å². The summed E-state index contributed by atoms with van der Waals surface area (Å²) in [4.78, 5) is 0. The highest BCUT2D eigenvalue weighted by Crippen LogP contribution is 2.61. The van der Waals surface area contributed by atoms with E-state index in [0.29, 0.717) is 65.8 Å². The Morgan fingerprint density at radius 1 is 0.404 bits per heavy atom. The molecule has 2 aromatic heterocycles. The van der Waals surface area contributed by atoms with Gasteiger partial charge in [-0.3, -0.25) is 0 Å². The van der Waals surface area contributed by atoms with Gasteiger partial charge < -0.3 is 8.83 Å². The Labute approximate surface area is 299 Å². The zero-order valence-electron chi connectivity index (χ0n) is 27.4. The molecule has 5 aromatic carbocycles. The molecule has 9 rings (SSSR count). The highest BCUT2D eigenvalue weighted by atomic mass is 31.2. The van der Waals surface area contributed by atoms with Crippen LogP contribution in [0.5, 0.6) is 0 Å². The molecule has 0 bridgehead atoms. The quantitative estimate of drug-likeness (QED) is 0.170. The molecule has 2 aliphatic rings. The van der Waals surface area contributed by atoms with Crippen LogP contribution in [0.3, 0.4) is 0 Å². The van der Waals surface area contributed by atoms with Crippen LogP contribution < -0.4 is 21.2 Å². The highest BCUT2D eigenvalue weighted by molar-refractivity contribution is 7.94. The molecule has 0 saturated carbocycles. The van der Waals surface area contributed by atoms with Crippen molar-refractivity contribution in [1.82, 2.24) is 0 Å². The summed E-state index contributed by atoms with van der Waals surface area (Å²) in [6.07, 6.45) is 3.73. The molecular formula is C44H24N4O2P2. The molecule has 242 valence electrons. The van der Waals surface area contributed by atoms with E-state index >= 15 is 0 Å². The fourth-order valence-corrected chi connectivity index (χ4v) is 15.7. The number of nitriles is 4. The van der Waals surface area contributed by atoms with Crippen LogP contribution in [0.1, 0.15) is 22.6 Å². The lowest BCUT2D eigenvalue weighted by Crippen LogP contribution is -2.25. The maximum absolute atomic E-state index is 10.9. The maximum Gasteiger partial charge on any atom is 0.154 e. The lowest BCUT2D eigenvalue weighted by molar-refractivity contribution is 0.603. The lowest BCUT2D eigenvalue weighted by Gasteiger charge is -2.31. The van der Waals surface area contributed by atoms with Crippen molar-refractivity contribution >= 4 is 79.7 Å². The Bertz CT molecular complexity index is 2700. The standard InChI is InChI=1S/C44H24N4O2P2/c45-25-33-21-37-35-23-40-36(24-39(35)49-43(37)41(27-47)51(33,29-13-5-1-6-14-29)30-15-7-2-8-16-30)38-22-34(26-46)52(31-17-9-3-10-18-31,32-19-11-4-12-20-32)42(28-48)44(38)50-40/h1-24H. The molecular weight excluding hydrogens is 678 g/mol. The summed E-state index contributed by atoms with van der Waals surface area (Å²) in [7, 11) is 0. The minimum atomic E-state index is -2.90. The maximum atomic E-state index is 10.9. The molecule has 52 heavy (non-hydrogen) atoms. The highest BCUT2D eigenvalue weighted by Gasteiger charge is 2.41. The number of hydrogen-bond acceptors (Lipinski definition) is 6. The van der Waals surface area contributed by atoms with Crippen LogP contribution in [0.2, 0.25) is 0 Å². The van der Waals surface area contributed by atoms with Crippen molar-refractivity contribution in [3.05, 3.63) is 167 Å². The monoisotopic (exact) mass is 702 g/mol. The summed E-state index contributed by atoms with van der Waals surface area (Å²) in [5.41, 5.74) is 2.28. The molecule has 2 aliphatic heterocycles. The molecule has 0 atom stereocenters. The second kappa shape index (κ2) is 11.9. The Morgan fingerprint density at radius 3 is 0.981 bits per heavy atom. The summed E-state index contributed by atoms with van der Waals surface area (Å²) < 4.78 is 13.3. The minimum Gasteiger partial charge on any atom is -0.455 e. The minimum absolute atomic E-state index is 0.417. The summed E-state index contributed by atoms with van der Waals surface area (Å²) in [6, 6.07) is 52.7. The molecule has 0 spiro atoms. The van der Waals surface area contributed by atoms with Gasteiger partial charge in [0.1, 0.15) is 46.0 Å². The van der Waals surface area contributed by atoms with E-state index in [4.69, 9.17) is 8.83 Å². The first-order valence-corrected chi connectivity index (χ1v) is 20.0. The van der Waals surface area contributed by atoms with Crippen LogP contribution in [0.25, 0.3) is 34.1 Å². The first-order valence-electron chi connectivity index (χ1n) is 16.5. The van der Waals surface area contributed by atoms with Gasteiger partial charge in [-0.05, 0) is 45.5 Å². The largest absolute Gasteiger partial charge is 0.455 e. The topological polar surface area (TPSA) is 121 Å². The third-order valence-corrected chi connectivity index (χ3v) is 18.1. The number of fused-ring (bicyclic) bond motifs is 6. The molecule has 0 saturated heterocycles. The molecule has 4 heterocycles. The Kier molecular flexibility index (Phi) is 7.16. The van der Waals surface area contributed by atoms with Crippen LogP contribution >= 0.6 is 13.8 Å². The van der Waals surface area contributed by atoms with Crippen molar-refractivity contribution in [3.63, 3.8) is 0 Å². The van der Waals surface area contributed by atoms with Crippen molar-refractivity contribution < 1.29 is 8.83 Å². The molecule has 0 unspecified atom stereocenters. The Balaban J connectivity index is 1.37.